The van der Waals surface area contributed by atoms with E-state index in [1.807, 2.05) is 0 Å². The van der Waals surface area contributed by atoms with Crippen LogP contribution in [0.5, 0.6) is 0 Å². The average Bonchev–Trinajstić information content (AvgIpc) is 2.50. The zero-order valence-corrected chi connectivity index (χ0v) is 7.81. The molecule has 2 rings (SSSR count). The van der Waals surface area contributed by atoms with E-state index in [0.717, 1.165) is 12.0 Å². The van der Waals surface area contributed by atoms with Crippen LogP contribution in [0.25, 0.3) is 6.20 Å². The summed E-state index contributed by atoms with van der Waals surface area (Å²) in [6.45, 7) is 3.57. The third-order valence-corrected chi connectivity index (χ3v) is 2.96. The number of carboxylic acids is 1. The molecule has 0 aromatic carbocycles. The second kappa shape index (κ2) is 2.97. The second-order valence-corrected chi connectivity index (χ2v) is 3.63. The monoisotopic (exact) mass is 192 g/mol. The van der Waals surface area contributed by atoms with Gasteiger partial charge in [-0.25, -0.2) is 4.68 Å². The van der Waals surface area contributed by atoms with Crippen molar-refractivity contribution in [1.82, 2.24) is 9.78 Å². The van der Waals surface area contributed by atoms with Crippen LogP contribution in [0.4, 0.5) is 0 Å². The van der Waals surface area contributed by atoms with Gasteiger partial charge in [0.1, 0.15) is 0 Å². The number of hydrogen-bond donors (Lipinski definition) is 1. The van der Waals surface area contributed by atoms with Crippen molar-refractivity contribution in [3.05, 3.63) is 24.5 Å². The highest BCUT2D eigenvalue weighted by atomic mass is 16.4. The lowest BCUT2D eigenvalue weighted by Crippen LogP contribution is -2.42. The molecule has 0 unspecified atom stereocenters. The maximum atomic E-state index is 11.1. The average molecular weight is 192 g/mol. The zero-order chi connectivity index (χ0) is 10.2. The maximum absolute atomic E-state index is 11.1. The van der Waals surface area contributed by atoms with Crippen LogP contribution in [0.3, 0.4) is 0 Å². The number of aliphatic carboxylic acids is 1. The van der Waals surface area contributed by atoms with Crippen molar-refractivity contribution in [2.75, 3.05) is 0 Å². The van der Waals surface area contributed by atoms with Gasteiger partial charge in [-0.2, -0.15) is 5.10 Å². The molecule has 0 spiro atoms. The summed E-state index contributed by atoms with van der Waals surface area (Å²) in [5.41, 5.74) is 0.109. The number of nitrogens with zero attached hydrogens (tertiary/aromatic N) is 2. The zero-order valence-electron chi connectivity index (χ0n) is 7.81. The van der Waals surface area contributed by atoms with Crippen molar-refractivity contribution in [2.24, 2.45) is 0 Å². The summed E-state index contributed by atoms with van der Waals surface area (Å²) in [6.07, 6.45) is 7.31. The van der Waals surface area contributed by atoms with Gasteiger partial charge in [0.2, 0.25) is 0 Å². The fraction of sp³-hybridized carbons (Fsp3) is 0.400. The predicted molar refractivity (Wildman–Crippen MR) is 51.8 cm³/mol. The van der Waals surface area contributed by atoms with Gasteiger partial charge in [0.25, 0.3) is 0 Å². The number of carboxylic acid groups (broad SMARTS) is 1. The smallest absolute Gasteiger partial charge is 0.314 e. The van der Waals surface area contributed by atoms with Gasteiger partial charge in [0, 0.05) is 18.0 Å². The fourth-order valence-electron chi connectivity index (χ4n) is 1.84. The van der Waals surface area contributed by atoms with Gasteiger partial charge in [-0.05, 0) is 12.8 Å². The molecule has 74 valence electrons. The van der Waals surface area contributed by atoms with Crippen LogP contribution >= 0.6 is 0 Å². The number of hydrogen-bond acceptors (Lipinski definition) is 2. The first-order valence-electron chi connectivity index (χ1n) is 4.60. The Kier molecular flexibility index (Phi) is 1.91. The largest absolute Gasteiger partial charge is 0.481 e. The molecule has 4 nitrogen and oxygen atoms in total. The van der Waals surface area contributed by atoms with Crippen molar-refractivity contribution in [2.45, 2.75) is 24.7 Å². The highest BCUT2D eigenvalue weighted by Gasteiger charge is 2.46. The molecule has 0 radical (unpaired) electrons. The Morgan fingerprint density at radius 3 is 2.79 bits per heavy atom. The summed E-state index contributed by atoms with van der Waals surface area (Å²) in [6, 6.07) is 0. The molecule has 0 bridgehead atoms. The SMILES string of the molecule is C=Cn1cc(C2(C(=O)O)CCC2)cn1. The Hall–Kier alpha value is -1.58. The molecular formula is C10H12N2O2. The quantitative estimate of drug-likeness (QED) is 0.789. The minimum atomic E-state index is -0.743. The third-order valence-electron chi connectivity index (χ3n) is 2.96. The van der Waals surface area contributed by atoms with Gasteiger partial charge in [-0.1, -0.05) is 13.0 Å². The Morgan fingerprint density at radius 1 is 1.71 bits per heavy atom. The van der Waals surface area contributed by atoms with Gasteiger partial charge in [0.05, 0.1) is 11.6 Å². The molecular weight excluding hydrogens is 180 g/mol. The molecule has 0 amide bonds. The summed E-state index contributed by atoms with van der Waals surface area (Å²) in [5.74, 6) is -0.743. The van der Waals surface area contributed by atoms with Crippen molar-refractivity contribution < 1.29 is 9.90 Å². The molecule has 1 heterocycles. The Bertz CT molecular complexity index is 377. The summed E-state index contributed by atoms with van der Waals surface area (Å²) in [4.78, 5) is 11.1. The van der Waals surface area contributed by atoms with Crippen molar-refractivity contribution in [3.63, 3.8) is 0 Å². The molecule has 1 aromatic heterocycles. The standard InChI is InChI=1S/C10H12N2O2/c1-2-12-7-8(6-11-12)10(9(13)14)4-3-5-10/h2,6-7H,1,3-5H2,(H,13,14). The lowest BCUT2D eigenvalue weighted by atomic mass is 9.65. The van der Waals surface area contributed by atoms with Crippen LogP contribution in [0.2, 0.25) is 0 Å². The van der Waals surface area contributed by atoms with Crippen molar-refractivity contribution >= 4 is 12.2 Å². The van der Waals surface area contributed by atoms with Gasteiger partial charge in [-0.3, -0.25) is 4.79 Å². The van der Waals surface area contributed by atoms with E-state index < -0.39 is 11.4 Å². The summed E-state index contributed by atoms with van der Waals surface area (Å²) >= 11 is 0. The van der Waals surface area contributed by atoms with Gasteiger partial charge < -0.3 is 5.11 Å². The van der Waals surface area contributed by atoms with E-state index in [1.165, 1.54) is 0 Å². The fourth-order valence-corrected chi connectivity index (χ4v) is 1.84. The molecule has 1 aliphatic rings. The van der Waals surface area contributed by atoms with E-state index in [4.69, 9.17) is 5.11 Å². The Labute approximate surface area is 81.9 Å². The lowest BCUT2D eigenvalue weighted by molar-refractivity contribution is -0.147. The first-order chi connectivity index (χ1) is 6.69. The molecule has 0 saturated heterocycles. The van der Waals surface area contributed by atoms with Gasteiger partial charge in [-0.15, -0.1) is 0 Å². The van der Waals surface area contributed by atoms with E-state index in [1.54, 1.807) is 23.3 Å². The van der Waals surface area contributed by atoms with Crippen LogP contribution in [-0.2, 0) is 10.2 Å². The van der Waals surface area contributed by atoms with Crippen LogP contribution in [0, 0.1) is 0 Å². The predicted octanol–water partition coefficient (Wildman–Crippen LogP) is 1.49. The third kappa shape index (κ3) is 1.07. The van der Waals surface area contributed by atoms with Crippen LogP contribution in [-0.4, -0.2) is 20.9 Å². The van der Waals surface area contributed by atoms with Crippen LogP contribution < -0.4 is 0 Å². The lowest BCUT2D eigenvalue weighted by Gasteiger charge is -2.36. The van der Waals surface area contributed by atoms with E-state index in [9.17, 15) is 4.79 Å². The maximum Gasteiger partial charge on any atom is 0.314 e. The molecule has 0 aliphatic heterocycles. The number of carbonyl (C=O) groups is 1. The first-order valence-corrected chi connectivity index (χ1v) is 4.60. The topological polar surface area (TPSA) is 55.1 Å². The Morgan fingerprint density at radius 2 is 2.43 bits per heavy atom. The Balaban J connectivity index is 2.36. The van der Waals surface area contributed by atoms with E-state index in [-0.39, 0.29) is 0 Å². The van der Waals surface area contributed by atoms with E-state index >= 15 is 0 Å². The molecule has 4 heteroatoms. The summed E-state index contributed by atoms with van der Waals surface area (Å²) in [7, 11) is 0. The number of aromatic nitrogens is 2. The number of rotatable bonds is 3. The van der Waals surface area contributed by atoms with E-state index in [2.05, 4.69) is 11.7 Å². The molecule has 1 fully saturated rings. The van der Waals surface area contributed by atoms with E-state index in [0.29, 0.717) is 12.8 Å². The normalized spacial score (nSPS) is 18.6. The molecule has 1 aliphatic carbocycles. The van der Waals surface area contributed by atoms with Gasteiger partial charge >= 0.3 is 5.97 Å². The molecule has 0 atom stereocenters. The summed E-state index contributed by atoms with van der Waals surface area (Å²) < 4.78 is 1.54. The molecule has 1 N–H and O–H groups in total. The molecule has 1 saturated carbocycles. The minimum Gasteiger partial charge on any atom is -0.481 e. The second-order valence-electron chi connectivity index (χ2n) is 3.63. The highest BCUT2D eigenvalue weighted by Crippen LogP contribution is 2.43. The van der Waals surface area contributed by atoms with Crippen LogP contribution in [0.1, 0.15) is 24.8 Å². The van der Waals surface area contributed by atoms with Crippen molar-refractivity contribution in [3.8, 4) is 0 Å². The molecule has 14 heavy (non-hydrogen) atoms. The minimum absolute atomic E-state index is 0.679. The highest BCUT2D eigenvalue weighted by molar-refractivity contribution is 5.82. The summed E-state index contributed by atoms with van der Waals surface area (Å²) in [5, 5.41) is 13.2. The first kappa shape index (κ1) is 8.99. The van der Waals surface area contributed by atoms with Crippen molar-refractivity contribution in [1.29, 1.82) is 0 Å². The van der Waals surface area contributed by atoms with Gasteiger partial charge in [0.15, 0.2) is 0 Å². The van der Waals surface area contributed by atoms with Crippen LogP contribution in [0.15, 0.2) is 19.0 Å². The molecule has 1 aromatic rings.